The van der Waals surface area contributed by atoms with Crippen LogP contribution < -0.4 is 5.73 Å². The lowest BCUT2D eigenvalue weighted by molar-refractivity contribution is -0.0593. The topological polar surface area (TPSA) is 89.8 Å². The number of anilines is 1. The monoisotopic (exact) mass is 325 g/mol. The lowest BCUT2D eigenvalue weighted by Crippen LogP contribution is -2.33. The van der Waals surface area contributed by atoms with E-state index in [0.29, 0.717) is 18.0 Å². The molecule has 0 spiro atoms. The Balaban J connectivity index is 2.17. The maximum atomic E-state index is 9.63. The quantitative estimate of drug-likeness (QED) is 0.917. The summed E-state index contributed by atoms with van der Waals surface area (Å²) in [6.45, 7) is 6.89. The van der Waals surface area contributed by atoms with Crippen LogP contribution in [-0.4, -0.2) is 27.0 Å². The minimum Gasteiger partial charge on any atom is -0.383 e. The van der Waals surface area contributed by atoms with Crippen LogP contribution >= 0.6 is 0 Å². The first-order valence-electron chi connectivity index (χ1n) is 8.15. The molecule has 3 rings (SSSR count). The fourth-order valence-corrected chi connectivity index (χ4v) is 3.64. The zero-order valence-electron chi connectivity index (χ0n) is 14.6. The molecule has 2 N–H and O–H groups in total. The van der Waals surface area contributed by atoms with E-state index in [-0.39, 0.29) is 11.5 Å². The first-order chi connectivity index (χ1) is 11.3. The van der Waals surface area contributed by atoms with Crippen molar-refractivity contribution in [2.24, 2.45) is 7.05 Å². The van der Waals surface area contributed by atoms with Crippen LogP contribution in [0.2, 0.25) is 0 Å². The SMILES string of the molecule is Cc1c(-c2cnn(C)c2)nc(N)c(C#N)c1[C@H]1CCOC(C)(C)C1. The van der Waals surface area contributed by atoms with E-state index in [9.17, 15) is 5.26 Å². The van der Waals surface area contributed by atoms with Crippen LogP contribution in [0, 0.1) is 18.3 Å². The van der Waals surface area contributed by atoms with Gasteiger partial charge in [-0.2, -0.15) is 10.4 Å². The van der Waals surface area contributed by atoms with Gasteiger partial charge in [-0.05, 0) is 50.7 Å². The Morgan fingerprint density at radius 1 is 1.46 bits per heavy atom. The molecular weight excluding hydrogens is 302 g/mol. The van der Waals surface area contributed by atoms with E-state index in [1.54, 1.807) is 10.9 Å². The number of nitrogen functional groups attached to an aromatic ring is 1. The van der Waals surface area contributed by atoms with Gasteiger partial charge in [0, 0.05) is 25.4 Å². The molecule has 1 atom stereocenters. The van der Waals surface area contributed by atoms with Gasteiger partial charge in [0.25, 0.3) is 0 Å². The fraction of sp³-hybridized carbons (Fsp3) is 0.500. The first-order valence-corrected chi connectivity index (χ1v) is 8.15. The summed E-state index contributed by atoms with van der Waals surface area (Å²) in [6, 6.07) is 2.26. The minimum atomic E-state index is -0.200. The largest absolute Gasteiger partial charge is 0.383 e. The van der Waals surface area contributed by atoms with Crippen molar-refractivity contribution in [1.29, 1.82) is 5.26 Å². The molecule has 0 saturated carbocycles. The number of hydrogen-bond acceptors (Lipinski definition) is 5. The summed E-state index contributed by atoms with van der Waals surface area (Å²) < 4.78 is 7.57. The first kappa shape index (κ1) is 16.5. The number of hydrogen-bond donors (Lipinski definition) is 1. The Bertz CT molecular complexity index is 816. The van der Waals surface area contributed by atoms with Gasteiger partial charge < -0.3 is 10.5 Å². The van der Waals surface area contributed by atoms with Gasteiger partial charge in [-0.3, -0.25) is 4.68 Å². The number of aryl methyl sites for hydroxylation is 1. The van der Waals surface area contributed by atoms with E-state index in [1.165, 1.54) is 0 Å². The molecule has 0 radical (unpaired) electrons. The molecule has 0 amide bonds. The highest BCUT2D eigenvalue weighted by molar-refractivity contribution is 5.70. The van der Waals surface area contributed by atoms with E-state index in [4.69, 9.17) is 10.5 Å². The molecule has 2 aromatic heterocycles. The van der Waals surface area contributed by atoms with Gasteiger partial charge in [0.05, 0.1) is 23.1 Å². The van der Waals surface area contributed by atoms with Gasteiger partial charge in [0.1, 0.15) is 11.9 Å². The third-order valence-electron chi connectivity index (χ3n) is 4.71. The van der Waals surface area contributed by atoms with E-state index in [1.807, 2.05) is 20.2 Å². The Morgan fingerprint density at radius 3 is 2.79 bits per heavy atom. The summed E-state index contributed by atoms with van der Waals surface area (Å²) in [6.07, 6.45) is 5.43. The van der Waals surface area contributed by atoms with Crippen LogP contribution in [0.15, 0.2) is 12.4 Å². The molecule has 0 unspecified atom stereocenters. The van der Waals surface area contributed by atoms with Crippen molar-refractivity contribution >= 4 is 5.82 Å². The van der Waals surface area contributed by atoms with Crippen LogP contribution in [0.1, 0.15) is 49.3 Å². The summed E-state index contributed by atoms with van der Waals surface area (Å²) in [7, 11) is 1.87. The molecule has 1 aliphatic rings. The predicted octanol–water partition coefficient (Wildman–Crippen LogP) is 2.92. The Labute approximate surface area is 142 Å². The summed E-state index contributed by atoms with van der Waals surface area (Å²) in [5.41, 5.74) is 10.2. The second-order valence-corrected chi connectivity index (χ2v) is 7.07. The number of aromatic nitrogens is 3. The average Bonchev–Trinajstić information content (AvgIpc) is 2.94. The Kier molecular flexibility index (Phi) is 4.06. The molecular formula is C18H23N5O. The summed E-state index contributed by atoms with van der Waals surface area (Å²) >= 11 is 0. The molecule has 1 saturated heterocycles. The van der Waals surface area contributed by atoms with Crippen LogP contribution in [0.4, 0.5) is 5.82 Å². The molecule has 0 aliphatic carbocycles. The summed E-state index contributed by atoms with van der Waals surface area (Å²) in [5.74, 6) is 0.533. The second kappa shape index (κ2) is 5.91. The third kappa shape index (κ3) is 2.87. The molecule has 0 aromatic carbocycles. The molecule has 126 valence electrons. The van der Waals surface area contributed by atoms with Crippen molar-refractivity contribution in [3.05, 3.63) is 29.1 Å². The lowest BCUT2D eigenvalue weighted by atomic mass is 9.79. The van der Waals surface area contributed by atoms with Crippen molar-refractivity contribution in [3.63, 3.8) is 0 Å². The van der Waals surface area contributed by atoms with Crippen LogP contribution in [0.3, 0.4) is 0 Å². The average molecular weight is 325 g/mol. The molecule has 6 nitrogen and oxygen atoms in total. The summed E-state index contributed by atoms with van der Waals surface area (Å²) in [4.78, 5) is 4.49. The van der Waals surface area contributed by atoms with Crippen molar-refractivity contribution in [2.45, 2.75) is 45.1 Å². The maximum absolute atomic E-state index is 9.63. The predicted molar refractivity (Wildman–Crippen MR) is 92.3 cm³/mol. The van der Waals surface area contributed by atoms with Gasteiger partial charge in [0.15, 0.2) is 0 Å². The molecule has 1 aliphatic heterocycles. The number of pyridine rings is 1. The van der Waals surface area contributed by atoms with Crippen LogP contribution in [0.5, 0.6) is 0 Å². The van der Waals surface area contributed by atoms with Crippen molar-refractivity contribution in [3.8, 4) is 17.3 Å². The Hall–Kier alpha value is -2.39. The third-order valence-corrected chi connectivity index (χ3v) is 4.71. The minimum absolute atomic E-state index is 0.200. The summed E-state index contributed by atoms with van der Waals surface area (Å²) in [5, 5.41) is 13.9. The molecule has 0 bridgehead atoms. The molecule has 6 heteroatoms. The van der Waals surface area contributed by atoms with Gasteiger partial charge in [-0.1, -0.05) is 0 Å². The number of nitrogens with two attached hydrogens (primary N) is 1. The number of nitriles is 1. The smallest absolute Gasteiger partial charge is 0.142 e. The number of nitrogens with zero attached hydrogens (tertiary/aromatic N) is 4. The molecule has 24 heavy (non-hydrogen) atoms. The fourth-order valence-electron chi connectivity index (χ4n) is 3.64. The maximum Gasteiger partial charge on any atom is 0.142 e. The van der Waals surface area contributed by atoms with Crippen LogP contribution in [0.25, 0.3) is 11.3 Å². The number of ether oxygens (including phenoxy) is 1. The van der Waals surface area contributed by atoms with E-state index < -0.39 is 0 Å². The number of rotatable bonds is 2. The Morgan fingerprint density at radius 2 is 2.21 bits per heavy atom. The molecule has 2 aromatic rings. The van der Waals surface area contributed by atoms with Gasteiger partial charge in [0.2, 0.25) is 0 Å². The lowest BCUT2D eigenvalue weighted by Gasteiger charge is -2.36. The molecule has 1 fully saturated rings. The van der Waals surface area contributed by atoms with Gasteiger partial charge in [-0.15, -0.1) is 0 Å². The molecule has 3 heterocycles. The highest BCUT2D eigenvalue weighted by Crippen LogP contribution is 2.41. The highest BCUT2D eigenvalue weighted by Gasteiger charge is 2.33. The zero-order chi connectivity index (χ0) is 17.5. The highest BCUT2D eigenvalue weighted by atomic mass is 16.5. The second-order valence-electron chi connectivity index (χ2n) is 7.07. The van der Waals surface area contributed by atoms with Gasteiger partial charge >= 0.3 is 0 Å². The van der Waals surface area contributed by atoms with Gasteiger partial charge in [-0.25, -0.2) is 4.98 Å². The van der Waals surface area contributed by atoms with E-state index >= 15 is 0 Å². The van der Waals surface area contributed by atoms with Crippen molar-refractivity contribution in [1.82, 2.24) is 14.8 Å². The van der Waals surface area contributed by atoms with Crippen molar-refractivity contribution < 1.29 is 4.74 Å². The van der Waals surface area contributed by atoms with Crippen LogP contribution in [-0.2, 0) is 11.8 Å². The van der Waals surface area contributed by atoms with Crippen molar-refractivity contribution in [2.75, 3.05) is 12.3 Å². The van der Waals surface area contributed by atoms with E-state index in [2.05, 4.69) is 30.0 Å². The normalized spacial score (nSPS) is 19.9. The standard InChI is InChI=1S/C18H23N5O/c1-11-15(12-5-6-24-18(2,3)7-12)14(8-19)17(20)22-16(11)13-9-21-23(4)10-13/h9-10,12H,5-7H2,1-4H3,(H2,20,22)/t12-/m0/s1. The van der Waals surface area contributed by atoms with E-state index in [0.717, 1.165) is 35.2 Å². The zero-order valence-corrected chi connectivity index (χ0v) is 14.6.